The maximum absolute atomic E-state index is 14.3. The Kier molecular flexibility index (Phi) is 46.7. The molecule has 0 bridgehead atoms. The Morgan fingerprint density at radius 1 is 0.365 bits per heavy atom. The molecule has 18 atom stereocenters. The number of carboxylic acids is 2. The molecule has 0 spiro atoms. The van der Waals surface area contributed by atoms with Crippen LogP contribution < -0.4 is 108 Å². The number of aliphatic imine (C=N–C) groups is 1. The van der Waals surface area contributed by atoms with E-state index >= 15 is 0 Å². The van der Waals surface area contributed by atoms with E-state index in [2.05, 4.69) is 84.7 Å². The van der Waals surface area contributed by atoms with E-state index in [1.807, 2.05) is 0 Å². The van der Waals surface area contributed by atoms with E-state index in [1.165, 1.54) is 34.6 Å². The summed E-state index contributed by atoms with van der Waals surface area (Å²) in [4.78, 5) is 257. The van der Waals surface area contributed by atoms with Gasteiger partial charge in [0.05, 0.1) is 43.9 Å². The average Bonchev–Trinajstić information content (AvgIpc) is 0.850. The van der Waals surface area contributed by atoms with Gasteiger partial charge in [0.2, 0.25) is 100 Å². The Labute approximate surface area is 664 Å². The maximum atomic E-state index is 14.3. The third kappa shape index (κ3) is 39.1. The summed E-state index contributed by atoms with van der Waals surface area (Å²) in [6.45, 7) is 17.4. The molecule has 0 aromatic heterocycles. The highest BCUT2D eigenvalue weighted by atomic mass is 16.4. The minimum atomic E-state index is -2.10. The summed E-state index contributed by atoms with van der Waals surface area (Å²) < 4.78 is 0. The quantitative estimate of drug-likeness (QED) is 0.0153. The number of guanidine groups is 1. The number of rotatable bonds is 54. The van der Waals surface area contributed by atoms with Crippen molar-refractivity contribution in [1.82, 2.24) is 79.8 Å². The zero-order valence-corrected chi connectivity index (χ0v) is 67.2. The highest BCUT2D eigenvalue weighted by Gasteiger charge is 2.41. The highest BCUT2D eigenvalue weighted by Crippen LogP contribution is 2.15. The zero-order chi connectivity index (χ0) is 88.8. The molecule has 0 saturated heterocycles. The average molecular weight is 1640 g/mol. The standard InChI is InChI=1S/C69H121N21O25/c1-15-32(10)51(65(112)83-40(23-28(2)3)56(103)77-26-47(100)101)87-64(111)50(31(8)9)86-67(114)54(36(14)94)90-68(115)53(35(13)93)89-60(107)37(17-16-22-75-69(73)74)80-61(108)41(24-44(71)96)82-59(106)39(18-20-43(70)95)81-58(105)38(19-21-46(98)99)79-45(97)25-76-57(104)42(27-91)84-63(110)49(30(6)7)85-66(113)52(34(12)92)88-55(102)33(11)78-62(109)48(72)29(4)5/h28-42,48-54,91-94H,15-27,72H2,1-14H3,(H2,70,95)(H2,71,96)(H,76,104)(H,77,103)(H,78,109)(H,79,97)(H,80,108)(H,81,105)(H,82,106)(H,83,112)(H,84,110)(H,85,113)(H,86,114)(H,87,111)(H,88,102)(H,89,107)(H,90,115)(H,98,99)(H,100,101)(H4,73,74,75)/t32-,33-,34+,35+,36+,37-,38-,39-,40-,41-,42-,48-,49-,50-,51-,52-,53-,54-/m0/s1. The number of primary amides is 2. The molecule has 46 heteroatoms. The van der Waals surface area contributed by atoms with Crippen LogP contribution in [0.4, 0.5) is 0 Å². The van der Waals surface area contributed by atoms with Crippen molar-refractivity contribution in [2.75, 3.05) is 26.2 Å². The van der Waals surface area contributed by atoms with E-state index in [1.54, 1.807) is 41.5 Å². The lowest BCUT2D eigenvalue weighted by atomic mass is 9.95. The maximum Gasteiger partial charge on any atom is 0.322 e. The van der Waals surface area contributed by atoms with Gasteiger partial charge in [0, 0.05) is 19.4 Å². The lowest BCUT2D eigenvalue weighted by molar-refractivity contribution is -0.139. The van der Waals surface area contributed by atoms with E-state index in [-0.39, 0.29) is 31.2 Å². The number of nitrogens with one attached hydrogen (secondary N) is 15. The van der Waals surface area contributed by atoms with Gasteiger partial charge in [-0.15, -0.1) is 0 Å². The van der Waals surface area contributed by atoms with E-state index < -0.39 is 297 Å². The van der Waals surface area contributed by atoms with E-state index in [0.29, 0.717) is 6.42 Å². The Bertz CT molecular complexity index is 3410. The van der Waals surface area contributed by atoms with Gasteiger partial charge in [-0.2, -0.15) is 0 Å². The fraction of sp³-hybridized carbons (Fsp3) is 0.710. The fourth-order valence-electron chi connectivity index (χ4n) is 10.5. The lowest BCUT2D eigenvalue weighted by Gasteiger charge is -2.31. The molecule has 652 valence electrons. The van der Waals surface area contributed by atoms with Crippen LogP contribution >= 0.6 is 0 Å². The SMILES string of the molecule is CC[C@H](C)[C@H](NC(=O)[C@@H](NC(=O)[C@@H](NC(=O)[C@@H](NC(=O)[C@H](CCCN=C(N)N)NC(=O)[C@H](CC(N)=O)NC(=O)[C@H](CCC(N)=O)NC(=O)[C@H](CCC(=O)O)NC(=O)CNC(=O)[C@H](CO)NC(=O)[C@@H](NC(=O)[C@@H](NC(=O)[C@H](C)NC(=O)[C@@H](N)C(C)C)[C@@H](C)O)C(C)C)[C@@H](C)O)[C@@H](C)O)C(C)C)C(=O)N[C@@H](CC(C)C)C(=O)NCC(=O)O. The molecule has 0 aromatic carbocycles. The number of carbonyl (C=O) groups is 19. The number of amides is 17. The van der Waals surface area contributed by atoms with E-state index in [4.69, 9.17) is 33.8 Å². The molecule has 0 rings (SSSR count). The number of nitrogens with two attached hydrogens (primary N) is 5. The summed E-state index contributed by atoms with van der Waals surface area (Å²) >= 11 is 0. The van der Waals surface area contributed by atoms with Gasteiger partial charge >= 0.3 is 11.9 Å². The van der Waals surface area contributed by atoms with Gasteiger partial charge in [0.15, 0.2) is 5.96 Å². The third-order valence-electron chi connectivity index (χ3n) is 17.5. The van der Waals surface area contributed by atoms with Crippen LogP contribution in [0.1, 0.15) is 155 Å². The van der Waals surface area contributed by atoms with Crippen LogP contribution in [0.2, 0.25) is 0 Å². The van der Waals surface area contributed by atoms with Gasteiger partial charge in [0.1, 0.15) is 85.1 Å². The van der Waals surface area contributed by atoms with Crippen LogP contribution in [0, 0.1) is 29.6 Å². The number of carbonyl (C=O) groups excluding carboxylic acids is 17. The van der Waals surface area contributed by atoms with Gasteiger partial charge in [0.25, 0.3) is 0 Å². The van der Waals surface area contributed by atoms with Gasteiger partial charge in [-0.25, -0.2) is 0 Å². The van der Waals surface area contributed by atoms with E-state index in [9.17, 15) is 117 Å². The summed E-state index contributed by atoms with van der Waals surface area (Å²) in [5, 5.41) is 95.6. The summed E-state index contributed by atoms with van der Waals surface area (Å²) in [6.07, 6.45) is -9.57. The van der Waals surface area contributed by atoms with Gasteiger partial charge < -0.3 is 139 Å². The van der Waals surface area contributed by atoms with Crippen LogP contribution in [-0.2, 0) is 91.1 Å². The Hall–Kier alpha value is -11.0. The second kappa shape index (κ2) is 51.7. The first-order chi connectivity index (χ1) is 53.3. The number of hydrogen-bond donors (Lipinski definition) is 26. The van der Waals surface area contributed by atoms with Crippen molar-refractivity contribution in [3.05, 3.63) is 0 Å². The minimum Gasteiger partial charge on any atom is -0.481 e. The molecule has 0 aliphatic rings. The molecule has 31 N–H and O–H groups in total. The van der Waals surface area contributed by atoms with Crippen molar-refractivity contribution in [3.63, 3.8) is 0 Å². The Morgan fingerprint density at radius 3 is 1.17 bits per heavy atom. The van der Waals surface area contributed by atoms with Crippen molar-refractivity contribution >= 4 is 118 Å². The normalized spacial score (nSPS) is 15.9. The first-order valence-electron chi connectivity index (χ1n) is 37.3. The molecule has 46 nitrogen and oxygen atoms in total. The van der Waals surface area contributed by atoms with Gasteiger partial charge in [-0.05, 0) is 89.4 Å². The van der Waals surface area contributed by atoms with Crippen LogP contribution in [0.3, 0.4) is 0 Å². The van der Waals surface area contributed by atoms with Crippen LogP contribution in [-0.4, -0.2) is 278 Å². The van der Waals surface area contributed by atoms with Gasteiger partial charge in [-0.3, -0.25) is 96.1 Å². The molecular formula is C69H121N21O25. The van der Waals surface area contributed by atoms with Crippen LogP contribution in [0.25, 0.3) is 0 Å². The fourth-order valence-corrected chi connectivity index (χ4v) is 10.5. The second-order valence-electron chi connectivity index (χ2n) is 29.1. The molecule has 0 saturated carbocycles. The summed E-state index contributed by atoms with van der Waals surface area (Å²) in [7, 11) is 0. The molecule has 0 aliphatic carbocycles. The Morgan fingerprint density at radius 2 is 0.739 bits per heavy atom. The summed E-state index contributed by atoms with van der Waals surface area (Å²) in [5.74, 6) is -25.1. The molecule has 0 unspecified atom stereocenters. The minimum absolute atomic E-state index is 0.0720. The topological polar surface area (TPSA) is 769 Å². The van der Waals surface area contributed by atoms with Crippen molar-refractivity contribution in [2.45, 2.75) is 258 Å². The largest absolute Gasteiger partial charge is 0.481 e. The first-order valence-corrected chi connectivity index (χ1v) is 37.3. The Balaban J connectivity index is 6.94. The number of aliphatic hydroxyl groups is 4. The second-order valence-corrected chi connectivity index (χ2v) is 29.1. The number of carboxylic acid groups (broad SMARTS) is 2. The summed E-state index contributed by atoms with van der Waals surface area (Å²) in [5.41, 5.74) is 27.7. The van der Waals surface area contributed by atoms with Crippen molar-refractivity contribution in [3.8, 4) is 0 Å². The monoisotopic (exact) mass is 1640 g/mol. The number of hydrogen-bond acceptors (Lipinski definition) is 25. The first kappa shape index (κ1) is 104. The molecule has 0 aliphatic heterocycles. The molecule has 0 radical (unpaired) electrons. The smallest absolute Gasteiger partial charge is 0.322 e. The molecule has 0 fully saturated rings. The number of aliphatic carboxylic acids is 2. The van der Waals surface area contributed by atoms with Crippen molar-refractivity contribution in [1.29, 1.82) is 0 Å². The third-order valence-corrected chi connectivity index (χ3v) is 17.5. The molecule has 17 amide bonds. The van der Waals surface area contributed by atoms with E-state index in [0.717, 1.165) is 20.8 Å². The summed E-state index contributed by atoms with van der Waals surface area (Å²) in [6, 6.07) is -23.3. The van der Waals surface area contributed by atoms with Crippen molar-refractivity contribution < 1.29 is 122 Å². The molecule has 115 heavy (non-hydrogen) atoms. The number of aliphatic hydroxyl groups excluding tert-OH is 4. The number of nitrogens with zero attached hydrogens (tertiary/aromatic N) is 1. The highest BCUT2D eigenvalue weighted by molar-refractivity contribution is 6.01. The molecular weight excluding hydrogens is 1520 g/mol. The lowest BCUT2D eigenvalue weighted by Crippen LogP contribution is -2.64. The van der Waals surface area contributed by atoms with Crippen LogP contribution in [0.15, 0.2) is 4.99 Å². The molecule has 0 heterocycles. The van der Waals surface area contributed by atoms with Gasteiger partial charge in [-0.1, -0.05) is 75.7 Å². The van der Waals surface area contributed by atoms with Crippen molar-refractivity contribution in [2.24, 2.45) is 63.3 Å². The predicted molar refractivity (Wildman–Crippen MR) is 407 cm³/mol. The van der Waals surface area contributed by atoms with Crippen LogP contribution in [0.5, 0.6) is 0 Å². The molecule has 0 aromatic rings. The predicted octanol–water partition coefficient (Wildman–Crippen LogP) is -10.8. The zero-order valence-electron chi connectivity index (χ0n) is 67.2.